The van der Waals surface area contributed by atoms with Gasteiger partial charge in [-0.2, -0.15) is 0 Å². The van der Waals surface area contributed by atoms with Gasteiger partial charge in [-0.05, 0) is 24.5 Å². The first kappa shape index (κ1) is 8.57. The van der Waals surface area contributed by atoms with Crippen molar-refractivity contribution in [3.63, 3.8) is 0 Å². The van der Waals surface area contributed by atoms with Crippen molar-refractivity contribution in [1.82, 2.24) is 0 Å². The molecule has 1 saturated carbocycles. The molecule has 0 aromatic heterocycles. The molecule has 0 aliphatic heterocycles. The van der Waals surface area contributed by atoms with Crippen LogP contribution < -0.4 is 0 Å². The molecule has 2 atom stereocenters. The third kappa shape index (κ3) is 1.54. The van der Waals surface area contributed by atoms with E-state index in [0.717, 1.165) is 24.8 Å². The summed E-state index contributed by atoms with van der Waals surface area (Å²) in [6.45, 7) is 0. The molecule has 13 heavy (non-hydrogen) atoms. The van der Waals surface area contributed by atoms with Crippen LogP contribution in [0.3, 0.4) is 0 Å². The zero-order chi connectivity index (χ0) is 9.26. The van der Waals surface area contributed by atoms with E-state index < -0.39 is 0 Å². The minimum absolute atomic E-state index is 0.140. The summed E-state index contributed by atoms with van der Waals surface area (Å²) in [4.78, 5) is 0. The molecule has 0 bridgehead atoms. The highest BCUT2D eigenvalue weighted by Gasteiger charge is 2.28. The summed E-state index contributed by atoms with van der Waals surface area (Å²) in [6.07, 6.45) is 2.63. The van der Waals surface area contributed by atoms with E-state index in [0.29, 0.717) is 5.75 Å². The van der Waals surface area contributed by atoms with E-state index >= 15 is 0 Å². The Morgan fingerprint density at radius 3 is 2.54 bits per heavy atom. The van der Waals surface area contributed by atoms with Crippen LogP contribution in [0.5, 0.6) is 5.75 Å². The molecule has 2 heteroatoms. The van der Waals surface area contributed by atoms with Crippen LogP contribution in [0, 0.1) is 0 Å². The SMILES string of the molecule is Oc1ccccc1[C@@H]1CCC[C@@H]1O. The smallest absolute Gasteiger partial charge is 0.119 e. The second-order valence-corrected chi connectivity index (χ2v) is 3.66. The topological polar surface area (TPSA) is 40.5 Å². The third-order valence-electron chi connectivity index (χ3n) is 2.82. The number of aliphatic hydroxyl groups is 1. The summed E-state index contributed by atoms with van der Waals surface area (Å²) in [7, 11) is 0. The second kappa shape index (κ2) is 3.38. The Bertz CT molecular complexity index is 296. The van der Waals surface area contributed by atoms with Crippen molar-refractivity contribution >= 4 is 0 Å². The maximum Gasteiger partial charge on any atom is 0.119 e. The molecule has 2 N–H and O–H groups in total. The van der Waals surface area contributed by atoms with Gasteiger partial charge >= 0.3 is 0 Å². The molecule has 1 aromatic rings. The number of rotatable bonds is 1. The molecule has 2 rings (SSSR count). The van der Waals surface area contributed by atoms with Gasteiger partial charge in [0.25, 0.3) is 0 Å². The van der Waals surface area contributed by atoms with Crippen molar-refractivity contribution in [3.8, 4) is 5.75 Å². The Kier molecular flexibility index (Phi) is 2.23. The average molecular weight is 178 g/mol. The third-order valence-corrected chi connectivity index (χ3v) is 2.82. The number of aliphatic hydroxyl groups excluding tert-OH is 1. The predicted octanol–water partition coefficient (Wildman–Crippen LogP) is 2.02. The predicted molar refractivity (Wildman–Crippen MR) is 50.7 cm³/mol. The number of para-hydroxylation sites is 1. The molecule has 2 nitrogen and oxygen atoms in total. The molecule has 0 amide bonds. The fourth-order valence-corrected chi connectivity index (χ4v) is 2.10. The number of phenols is 1. The lowest BCUT2D eigenvalue weighted by molar-refractivity contribution is 0.162. The van der Waals surface area contributed by atoms with Gasteiger partial charge < -0.3 is 10.2 Å². The molecule has 0 heterocycles. The fraction of sp³-hybridized carbons (Fsp3) is 0.455. The van der Waals surface area contributed by atoms with Crippen molar-refractivity contribution in [1.29, 1.82) is 0 Å². The standard InChI is InChI=1S/C11H14O2/c12-10-6-2-1-4-8(10)9-5-3-7-11(9)13/h1-2,4,6,9,11-13H,3,5,7H2/t9-,11-/m0/s1. The molecule has 70 valence electrons. The molecular weight excluding hydrogens is 164 g/mol. The van der Waals surface area contributed by atoms with Crippen molar-refractivity contribution in [3.05, 3.63) is 29.8 Å². The van der Waals surface area contributed by atoms with Crippen LogP contribution in [0.4, 0.5) is 0 Å². The van der Waals surface area contributed by atoms with Gasteiger partial charge in [0.05, 0.1) is 6.10 Å². The lowest BCUT2D eigenvalue weighted by Crippen LogP contribution is -2.10. The minimum atomic E-state index is -0.270. The first-order valence-electron chi connectivity index (χ1n) is 4.75. The Balaban J connectivity index is 2.29. The fourth-order valence-electron chi connectivity index (χ4n) is 2.10. The van der Waals surface area contributed by atoms with E-state index in [1.165, 1.54) is 0 Å². The molecule has 1 aromatic carbocycles. The Labute approximate surface area is 77.8 Å². The maximum absolute atomic E-state index is 9.66. The van der Waals surface area contributed by atoms with Gasteiger partial charge in [0.15, 0.2) is 0 Å². The van der Waals surface area contributed by atoms with Gasteiger partial charge in [0, 0.05) is 5.92 Å². The van der Waals surface area contributed by atoms with E-state index in [1.54, 1.807) is 12.1 Å². The minimum Gasteiger partial charge on any atom is -0.508 e. The summed E-state index contributed by atoms with van der Waals surface area (Å²) in [5.41, 5.74) is 0.896. The lowest BCUT2D eigenvalue weighted by Gasteiger charge is -2.15. The number of phenolic OH excluding ortho intramolecular Hbond substituents is 1. The summed E-state index contributed by atoms with van der Waals surface area (Å²) in [6, 6.07) is 7.29. The van der Waals surface area contributed by atoms with Gasteiger partial charge in [0.1, 0.15) is 5.75 Å². The Hall–Kier alpha value is -1.02. The molecule has 0 saturated heterocycles. The monoisotopic (exact) mass is 178 g/mol. The first-order chi connectivity index (χ1) is 6.29. The lowest BCUT2D eigenvalue weighted by atomic mass is 9.95. The van der Waals surface area contributed by atoms with E-state index in [-0.39, 0.29) is 12.0 Å². The zero-order valence-corrected chi connectivity index (χ0v) is 7.48. The van der Waals surface area contributed by atoms with Gasteiger partial charge in [-0.15, -0.1) is 0 Å². The van der Waals surface area contributed by atoms with Crippen LogP contribution in [0.2, 0.25) is 0 Å². The van der Waals surface area contributed by atoms with E-state index in [1.807, 2.05) is 12.1 Å². The average Bonchev–Trinajstić information content (AvgIpc) is 2.52. The zero-order valence-electron chi connectivity index (χ0n) is 7.48. The molecule has 1 fully saturated rings. The summed E-state index contributed by atoms with van der Waals surface area (Å²) < 4.78 is 0. The number of hydrogen-bond donors (Lipinski definition) is 2. The van der Waals surface area contributed by atoms with Crippen molar-refractivity contribution in [2.45, 2.75) is 31.3 Å². The number of benzene rings is 1. The van der Waals surface area contributed by atoms with Gasteiger partial charge in [-0.3, -0.25) is 0 Å². The molecular formula is C11H14O2. The molecule has 0 spiro atoms. The molecule has 0 unspecified atom stereocenters. The van der Waals surface area contributed by atoms with Crippen LogP contribution in [-0.2, 0) is 0 Å². The van der Waals surface area contributed by atoms with Crippen molar-refractivity contribution in [2.75, 3.05) is 0 Å². The molecule has 0 radical (unpaired) electrons. The Morgan fingerprint density at radius 1 is 1.15 bits per heavy atom. The van der Waals surface area contributed by atoms with Crippen LogP contribution in [0.15, 0.2) is 24.3 Å². The van der Waals surface area contributed by atoms with E-state index in [4.69, 9.17) is 0 Å². The maximum atomic E-state index is 9.66. The van der Waals surface area contributed by atoms with E-state index in [9.17, 15) is 10.2 Å². The highest BCUT2D eigenvalue weighted by atomic mass is 16.3. The molecule has 1 aliphatic rings. The summed E-state index contributed by atoms with van der Waals surface area (Å²) in [5, 5.41) is 19.2. The summed E-state index contributed by atoms with van der Waals surface area (Å²) >= 11 is 0. The largest absolute Gasteiger partial charge is 0.508 e. The van der Waals surface area contributed by atoms with Crippen LogP contribution in [0.1, 0.15) is 30.7 Å². The normalized spacial score (nSPS) is 27.8. The van der Waals surface area contributed by atoms with Gasteiger partial charge in [-0.1, -0.05) is 24.6 Å². The first-order valence-corrected chi connectivity index (χ1v) is 4.75. The quantitative estimate of drug-likeness (QED) is 0.690. The second-order valence-electron chi connectivity index (χ2n) is 3.66. The van der Waals surface area contributed by atoms with Crippen LogP contribution in [0.25, 0.3) is 0 Å². The highest BCUT2D eigenvalue weighted by molar-refractivity contribution is 5.36. The van der Waals surface area contributed by atoms with Gasteiger partial charge in [0.2, 0.25) is 0 Å². The molecule has 1 aliphatic carbocycles. The van der Waals surface area contributed by atoms with Crippen molar-refractivity contribution in [2.24, 2.45) is 0 Å². The van der Waals surface area contributed by atoms with E-state index in [2.05, 4.69) is 0 Å². The summed E-state index contributed by atoms with van der Waals surface area (Å²) in [5.74, 6) is 0.453. The Morgan fingerprint density at radius 2 is 1.92 bits per heavy atom. The van der Waals surface area contributed by atoms with Gasteiger partial charge in [-0.25, -0.2) is 0 Å². The van der Waals surface area contributed by atoms with Crippen LogP contribution in [-0.4, -0.2) is 16.3 Å². The number of hydrogen-bond acceptors (Lipinski definition) is 2. The van der Waals surface area contributed by atoms with Crippen molar-refractivity contribution < 1.29 is 10.2 Å². The number of aromatic hydroxyl groups is 1. The highest BCUT2D eigenvalue weighted by Crippen LogP contribution is 2.38. The van der Waals surface area contributed by atoms with Crippen LogP contribution >= 0.6 is 0 Å².